The zero-order chi connectivity index (χ0) is 22.1. The third-order valence-corrected chi connectivity index (χ3v) is 5.77. The van der Waals surface area contributed by atoms with Crippen molar-refractivity contribution >= 4 is 46.4 Å². The van der Waals surface area contributed by atoms with Gasteiger partial charge in [-0.15, -0.1) is 10.2 Å². The molecule has 12 heteroatoms. The molecule has 1 aliphatic rings. The molecule has 0 spiro atoms. The summed E-state index contributed by atoms with van der Waals surface area (Å²) in [6, 6.07) is 7.21. The number of aromatic nitrogens is 6. The van der Waals surface area contributed by atoms with E-state index >= 15 is 0 Å². The van der Waals surface area contributed by atoms with Gasteiger partial charge in [-0.3, -0.25) is 14.0 Å². The van der Waals surface area contributed by atoms with Gasteiger partial charge in [-0.1, -0.05) is 0 Å². The second kappa shape index (κ2) is 8.55. The Labute approximate surface area is 186 Å². The van der Waals surface area contributed by atoms with Crippen LogP contribution in [0.15, 0.2) is 46.8 Å². The molecule has 0 bridgehead atoms. The number of amides is 2. The van der Waals surface area contributed by atoms with E-state index in [1.165, 1.54) is 11.8 Å². The zero-order valence-corrected chi connectivity index (χ0v) is 18.0. The quantitative estimate of drug-likeness (QED) is 0.417. The lowest BCUT2D eigenvalue weighted by atomic mass is 10.3. The van der Waals surface area contributed by atoms with Crippen molar-refractivity contribution in [2.75, 3.05) is 24.4 Å². The average molecular weight is 453 g/mol. The Morgan fingerprint density at radius 2 is 1.97 bits per heavy atom. The molecule has 2 N–H and O–H groups in total. The first-order chi connectivity index (χ1) is 15.6. The van der Waals surface area contributed by atoms with Gasteiger partial charge in [0.1, 0.15) is 5.03 Å². The third-order valence-electron chi connectivity index (χ3n) is 4.88. The summed E-state index contributed by atoms with van der Waals surface area (Å²) >= 11 is 1.33. The second-order valence-corrected chi connectivity index (χ2v) is 8.37. The highest BCUT2D eigenvalue weighted by Gasteiger charge is 2.30. The molecule has 2 amide bonds. The van der Waals surface area contributed by atoms with Gasteiger partial charge in [0.2, 0.25) is 17.0 Å². The van der Waals surface area contributed by atoms with Crippen LogP contribution in [0.2, 0.25) is 0 Å². The van der Waals surface area contributed by atoms with E-state index in [0.717, 1.165) is 12.8 Å². The van der Waals surface area contributed by atoms with Gasteiger partial charge < -0.3 is 15.4 Å². The van der Waals surface area contributed by atoms with Gasteiger partial charge in [-0.05, 0) is 48.9 Å². The fourth-order valence-corrected chi connectivity index (χ4v) is 3.86. The summed E-state index contributed by atoms with van der Waals surface area (Å²) in [6.07, 6.45) is 5.60. The Kier molecular flexibility index (Phi) is 5.45. The third kappa shape index (κ3) is 4.41. The first-order valence-corrected chi connectivity index (χ1v) is 10.9. The van der Waals surface area contributed by atoms with Crippen molar-refractivity contribution in [3.63, 3.8) is 0 Å². The maximum absolute atomic E-state index is 12.0. The minimum Gasteiger partial charge on any atom is -0.384 e. The maximum atomic E-state index is 12.0. The lowest BCUT2D eigenvalue weighted by Gasteiger charge is -2.06. The molecule has 0 radical (unpaired) electrons. The maximum Gasteiger partial charge on any atom is 0.228 e. The number of nitrogens with zero attached hydrogens (tertiary/aromatic N) is 6. The molecule has 1 aliphatic carbocycles. The molecule has 0 atom stereocenters. The summed E-state index contributed by atoms with van der Waals surface area (Å²) < 4.78 is 8.34. The SMILES string of the molecule is COCCC(=O)Nc1ccc2nnc(Sc3ccc4nc(NC(=O)C5CC5)cn4n3)n2c1. The smallest absolute Gasteiger partial charge is 0.228 e. The van der Waals surface area contributed by atoms with Crippen LogP contribution in [0.4, 0.5) is 11.5 Å². The van der Waals surface area contributed by atoms with Gasteiger partial charge in [0.25, 0.3) is 0 Å². The van der Waals surface area contributed by atoms with Crippen molar-refractivity contribution in [2.24, 2.45) is 5.92 Å². The topological polar surface area (TPSA) is 128 Å². The fraction of sp³-hybridized carbons (Fsp3) is 0.300. The van der Waals surface area contributed by atoms with E-state index in [9.17, 15) is 9.59 Å². The molecule has 0 unspecified atom stereocenters. The lowest BCUT2D eigenvalue weighted by molar-refractivity contribution is -0.118. The Bertz CT molecular complexity index is 1310. The van der Waals surface area contributed by atoms with E-state index in [2.05, 4.69) is 30.9 Å². The van der Waals surface area contributed by atoms with Crippen LogP contribution in [0.25, 0.3) is 11.3 Å². The molecule has 11 nitrogen and oxygen atoms in total. The molecule has 0 aliphatic heterocycles. The van der Waals surface area contributed by atoms with E-state index in [-0.39, 0.29) is 24.2 Å². The largest absolute Gasteiger partial charge is 0.384 e. The molecule has 0 saturated heterocycles. The van der Waals surface area contributed by atoms with Crippen LogP contribution < -0.4 is 10.6 Å². The number of imidazole rings is 1. The van der Waals surface area contributed by atoms with Crippen LogP contribution in [0.3, 0.4) is 0 Å². The van der Waals surface area contributed by atoms with Gasteiger partial charge in [0.15, 0.2) is 17.1 Å². The zero-order valence-electron chi connectivity index (χ0n) is 17.2. The predicted octanol–water partition coefficient (Wildman–Crippen LogP) is 2.25. The van der Waals surface area contributed by atoms with Gasteiger partial charge >= 0.3 is 0 Å². The summed E-state index contributed by atoms with van der Waals surface area (Å²) in [7, 11) is 1.56. The number of rotatable bonds is 8. The van der Waals surface area contributed by atoms with Crippen LogP contribution in [-0.4, -0.2) is 54.7 Å². The van der Waals surface area contributed by atoms with E-state index in [1.54, 1.807) is 40.6 Å². The molecular formula is C20H20N8O3S. The summed E-state index contributed by atoms with van der Waals surface area (Å²) in [5.74, 6) is 0.460. The Morgan fingerprint density at radius 1 is 1.12 bits per heavy atom. The monoisotopic (exact) mass is 452 g/mol. The van der Waals surface area contributed by atoms with E-state index < -0.39 is 0 Å². The van der Waals surface area contributed by atoms with E-state index in [1.807, 2.05) is 12.1 Å². The summed E-state index contributed by atoms with van der Waals surface area (Å²) in [6.45, 7) is 0.357. The minimum atomic E-state index is -0.134. The number of hydrogen-bond acceptors (Lipinski definition) is 8. The standard InChI is InChI=1S/C20H20N8O3S/c1-31-9-8-17(29)21-13-4-5-16-24-25-20(27(16)10-13)32-18-7-6-15-22-14(11-28(15)26-18)23-19(30)12-2-3-12/h4-7,10-12H,2-3,8-9H2,1H3,(H,21,29)(H,23,30). The first-order valence-electron chi connectivity index (χ1n) is 10.1. The number of nitrogens with one attached hydrogen (secondary N) is 2. The number of anilines is 2. The summed E-state index contributed by atoms with van der Waals surface area (Å²) in [4.78, 5) is 28.3. The van der Waals surface area contributed by atoms with Crippen LogP contribution in [0, 0.1) is 5.92 Å². The number of methoxy groups -OCH3 is 1. The molecule has 5 rings (SSSR count). The predicted molar refractivity (Wildman–Crippen MR) is 117 cm³/mol. The van der Waals surface area contributed by atoms with Crippen LogP contribution in [0.5, 0.6) is 0 Å². The molecule has 0 aromatic carbocycles. The number of carbonyl (C=O) groups is 2. The van der Waals surface area contributed by atoms with Crippen LogP contribution >= 0.6 is 11.8 Å². The molecule has 4 aromatic rings. The molecular weight excluding hydrogens is 432 g/mol. The number of ether oxygens (including phenoxy) is 1. The Balaban J connectivity index is 1.34. The fourth-order valence-electron chi connectivity index (χ4n) is 3.08. The van der Waals surface area contributed by atoms with Crippen molar-refractivity contribution < 1.29 is 14.3 Å². The van der Waals surface area contributed by atoms with Crippen molar-refractivity contribution in [3.05, 3.63) is 36.7 Å². The molecule has 4 heterocycles. The number of pyridine rings is 1. The average Bonchev–Trinajstić information content (AvgIpc) is 3.46. The first kappa shape index (κ1) is 20.4. The minimum absolute atomic E-state index is 0.00282. The summed E-state index contributed by atoms with van der Waals surface area (Å²) in [5.41, 5.74) is 1.91. The van der Waals surface area contributed by atoms with Crippen molar-refractivity contribution in [3.8, 4) is 0 Å². The van der Waals surface area contributed by atoms with Gasteiger partial charge in [0, 0.05) is 19.2 Å². The second-order valence-electron chi connectivity index (χ2n) is 7.39. The Morgan fingerprint density at radius 3 is 2.78 bits per heavy atom. The van der Waals surface area contributed by atoms with Gasteiger partial charge in [-0.2, -0.15) is 5.10 Å². The molecule has 4 aromatic heterocycles. The number of carbonyl (C=O) groups excluding carboxylic acids is 2. The Hall–Kier alpha value is -3.51. The normalized spacial score (nSPS) is 13.5. The van der Waals surface area contributed by atoms with E-state index in [0.29, 0.717) is 39.6 Å². The molecule has 1 saturated carbocycles. The van der Waals surface area contributed by atoms with E-state index in [4.69, 9.17) is 4.74 Å². The molecule has 1 fully saturated rings. The highest BCUT2D eigenvalue weighted by Crippen LogP contribution is 2.30. The van der Waals surface area contributed by atoms with Crippen molar-refractivity contribution in [2.45, 2.75) is 29.4 Å². The summed E-state index contributed by atoms with van der Waals surface area (Å²) in [5, 5.41) is 19.9. The number of fused-ring (bicyclic) bond motifs is 2. The van der Waals surface area contributed by atoms with Crippen molar-refractivity contribution in [1.82, 2.24) is 29.2 Å². The van der Waals surface area contributed by atoms with Crippen LogP contribution in [0.1, 0.15) is 19.3 Å². The van der Waals surface area contributed by atoms with Crippen LogP contribution in [-0.2, 0) is 14.3 Å². The van der Waals surface area contributed by atoms with Gasteiger partial charge in [-0.25, -0.2) is 9.50 Å². The van der Waals surface area contributed by atoms with Crippen molar-refractivity contribution in [1.29, 1.82) is 0 Å². The number of hydrogen-bond donors (Lipinski definition) is 2. The van der Waals surface area contributed by atoms with Gasteiger partial charge in [0.05, 0.1) is 24.9 Å². The molecule has 164 valence electrons. The lowest BCUT2D eigenvalue weighted by Crippen LogP contribution is -2.13. The highest BCUT2D eigenvalue weighted by molar-refractivity contribution is 7.99. The highest BCUT2D eigenvalue weighted by atomic mass is 32.2. The molecule has 32 heavy (non-hydrogen) atoms.